The molecule has 0 aliphatic carbocycles. The van der Waals surface area contributed by atoms with E-state index in [0.29, 0.717) is 17.7 Å². The molecule has 19 heavy (non-hydrogen) atoms. The number of aromatic nitrogens is 3. The van der Waals surface area contributed by atoms with Crippen molar-refractivity contribution in [3.8, 4) is 11.5 Å². The first-order valence-electron chi connectivity index (χ1n) is 6.05. The van der Waals surface area contributed by atoms with Crippen molar-refractivity contribution >= 4 is 23.5 Å². The van der Waals surface area contributed by atoms with Gasteiger partial charge in [-0.05, 0) is 12.1 Å². The first kappa shape index (κ1) is 13.0. The van der Waals surface area contributed by atoms with Gasteiger partial charge in [-0.2, -0.15) is 16.7 Å². The van der Waals surface area contributed by atoms with E-state index in [9.17, 15) is 0 Å². The van der Waals surface area contributed by atoms with Crippen LogP contribution in [-0.2, 0) is 6.54 Å². The Morgan fingerprint density at radius 1 is 1.42 bits per heavy atom. The molecule has 0 radical (unpaired) electrons. The Balaban J connectivity index is 1.83. The van der Waals surface area contributed by atoms with Crippen LogP contribution in [-0.4, -0.2) is 32.4 Å². The zero-order valence-corrected chi connectivity index (χ0v) is 11.9. The van der Waals surface area contributed by atoms with Gasteiger partial charge in [0.2, 0.25) is 0 Å². The fourth-order valence-corrected chi connectivity index (χ4v) is 4.43. The third-order valence-corrected chi connectivity index (χ3v) is 5.57. The third-order valence-electron chi connectivity index (χ3n) is 2.82. The molecule has 3 rings (SSSR count). The lowest BCUT2D eigenvalue weighted by Gasteiger charge is -2.16. The Labute approximate surface area is 119 Å². The minimum absolute atomic E-state index is 0.340. The number of hydrogen-bond donors (Lipinski definition) is 1. The van der Waals surface area contributed by atoms with E-state index in [2.05, 4.69) is 15.1 Å². The zero-order valence-electron chi connectivity index (χ0n) is 10.3. The summed E-state index contributed by atoms with van der Waals surface area (Å²) < 4.78 is 5.35. The van der Waals surface area contributed by atoms with Gasteiger partial charge in [0.15, 0.2) is 5.82 Å². The second kappa shape index (κ2) is 5.94. The number of hydrogen-bond acceptors (Lipinski definition) is 7. The first-order valence-corrected chi connectivity index (χ1v) is 8.25. The Hall–Kier alpha value is -1.05. The summed E-state index contributed by atoms with van der Waals surface area (Å²) in [5.74, 6) is 4.73. The van der Waals surface area contributed by atoms with E-state index in [1.54, 1.807) is 6.20 Å². The average Bonchev–Trinajstić information content (AvgIpc) is 2.98. The maximum Gasteiger partial charge on any atom is 0.258 e. The summed E-state index contributed by atoms with van der Waals surface area (Å²) in [6.45, 7) is 0.407. The largest absolute Gasteiger partial charge is 0.334 e. The zero-order chi connectivity index (χ0) is 13.1. The molecule has 1 fully saturated rings. The van der Waals surface area contributed by atoms with Crippen molar-refractivity contribution in [3.05, 3.63) is 29.8 Å². The van der Waals surface area contributed by atoms with E-state index in [0.717, 1.165) is 28.6 Å². The summed E-state index contributed by atoms with van der Waals surface area (Å²) in [6, 6.07) is 3.75. The van der Waals surface area contributed by atoms with Crippen LogP contribution in [0.2, 0.25) is 0 Å². The molecule has 1 aliphatic rings. The van der Waals surface area contributed by atoms with Gasteiger partial charge in [-0.15, -0.1) is 11.8 Å². The van der Waals surface area contributed by atoms with Crippen LogP contribution in [0.4, 0.5) is 0 Å². The van der Waals surface area contributed by atoms with E-state index in [1.165, 1.54) is 5.75 Å². The highest BCUT2D eigenvalue weighted by molar-refractivity contribution is 8.06. The Kier molecular flexibility index (Phi) is 4.05. The van der Waals surface area contributed by atoms with E-state index < -0.39 is 0 Å². The summed E-state index contributed by atoms with van der Waals surface area (Å²) in [6.07, 6.45) is 1.71. The molecule has 100 valence electrons. The van der Waals surface area contributed by atoms with E-state index in [-0.39, 0.29) is 0 Å². The van der Waals surface area contributed by atoms with Crippen LogP contribution in [0.15, 0.2) is 22.9 Å². The molecular formula is C12H14N4OS2. The molecule has 0 bridgehead atoms. The van der Waals surface area contributed by atoms with Crippen molar-refractivity contribution in [2.45, 2.75) is 11.8 Å². The third kappa shape index (κ3) is 2.93. The molecular weight excluding hydrogens is 280 g/mol. The predicted molar refractivity (Wildman–Crippen MR) is 77.9 cm³/mol. The maximum absolute atomic E-state index is 5.58. The van der Waals surface area contributed by atoms with E-state index in [4.69, 9.17) is 10.3 Å². The van der Waals surface area contributed by atoms with Crippen LogP contribution in [0, 0.1) is 0 Å². The molecule has 1 saturated heterocycles. The van der Waals surface area contributed by atoms with Crippen molar-refractivity contribution in [2.24, 2.45) is 5.73 Å². The highest BCUT2D eigenvalue weighted by Gasteiger charge is 2.22. The van der Waals surface area contributed by atoms with Gasteiger partial charge in [-0.25, -0.2) is 0 Å². The lowest BCUT2D eigenvalue weighted by Crippen LogP contribution is -2.07. The van der Waals surface area contributed by atoms with Crippen LogP contribution < -0.4 is 5.73 Å². The van der Waals surface area contributed by atoms with Crippen LogP contribution in [0.25, 0.3) is 11.5 Å². The Morgan fingerprint density at radius 3 is 3.16 bits per heavy atom. The topological polar surface area (TPSA) is 77.8 Å². The second-order valence-electron chi connectivity index (χ2n) is 4.13. The molecule has 2 aromatic heterocycles. The van der Waals surface area contributed by atoms with Gasteiger partial charge in [0.25, 0.3) is 5.89 Å². The Morgan fingerprint density at radius 2 is 2.37 bits per heavy atom. The minimum atomic E-state index is 0.340. The molecule has 1 unspecified atom stereocenters. The monoisotopic (exact) mass is 294 g/mol. The number of nitrogens with two attached hydrogens (primary N) is 1. The normalized spacial score (nSPS) is 19.5. The van der Waals surface area contributed by atoms with Crippen LogP contribution >= 0.6 is 23.5 Å². The highest BCUT2D eigenvalue weighted by atomic mass is 32.2. The summed E-state index contributed by atoms with van der Waals surface area (Å²) >= 11 is 3.83. The highest BCUT2D eigenvalue weighted by Crippen LogP contribution is 2.35. The molecule has 7 heteroatoms. The number of nitrogens with zero attached hydrogens (tertiary/aromatic N) is 3. The Bertz CT molecular complexity index is 554. The van der Waals surface area contributed by atoms with Crippen molar-refractivity contribution in [1.82, 2.24) is 15.1 Å². The standard InChI is InChI=1S/C12H14N4OS2/c13-6-9-5-8(1-2-14-9)12-15-11(16-17-12)10-7-18-3-4-19-10/h1-2,5,10H,3-4,6-7,13H2. The van der Waals surface area contributed by atoms with Gasteiger partial charge >= 0.3 is 0 Å². The molecule has 2 N–H and O–H groups in total. The fraction of sp³-hybridized carbons (Fsp3) is 0.417. The van der Waals surface area contributed by atoms with Gasteiger partial charge in [-0.3, -0.25) is 4.98 Å². The molecule has 0 saturated carbocycles. The van der Waals surface area contributed by atoms with Crippen molar-refractivity contribution in [1.29, 1.82) is 0 Å². The summed E-state index contributed by atoms with van der Waals surface area (Å²) in [7, 11) is 0. The van der Waals surface area contributed by atoms with E-state index >= 15 is 0 Å². The summed E-state index contributed by atoms with van der Waals surface area (Å²) in [5, 5.41) is 4.44. The van der Waals surface area contributed by atoms with Gasteiger partial charge in [0.1, 0.15) is 0 Å². The van der Waals surface area contributed by atoms with Crippen molar-refractivity contribution in [3.63, 3.8) is 0 Å². The van der Waals surface area contributed by atoms with E-state index in [1.807, 2.05) is 35.7 Å². The molecule has 0 amide bonds. The SMILES string of the molecule is NCc1cc(-c2nc(C3CSCCS3)no2)ccn1. The van der Waals surface area contributed by atoms with Crippen LogP contribution in [0.3, 0.4) is 0 Å². The molecule has 1 aliphatic heterocycles. The van der Waals surface area contributed by atoms with Gasteiger partial charge in [-0.1, -0.05) is 5.16 Å². The smallest absolute Gasteiger partial charge is 0.258 e. The molecule has 0 aromatic carbocycles. The predicted octanol–water partition coefficient (Wildman–Crippen LogP) is 2.11. The fourth-order valence-electron chi connectivity index (χ4n) is 1.84. The molecule has 1 atom stereocenters. The van der Waals surface area contributed by atoms with Gasteiger partial charge < -0.3 is 10.3 Å². The van der Waals surface area contributed by atoms with Crippen LogP contribution in [0.1, 0.15) is 16.8 Å². The lowest BCUT2D eigenvalue weighted by atomic mass is 10.2. The first-order chi connectivity index (χ1) is 9.36. The molecule has 5 nitrogen and oxygen atoms in total. The molecule has 0 spiro atoms. The van der Waals surface area contributed by atoms with Crippen molar-refractivity contribution < 1.29 is 4.52 Å². The average molecular weight is 294 g/mol. The number of pyridine rings is 1. The van der Waals surface area contributed by atoms with Crippen molar-refractivity contribution in [2.75, 3.05) is 17.3 Å². The van der Waals surface area contributed by atoms with Crippen LogP contribution in [0.5, 0.6) is 0 Å². The second-order valence-corrected chi connectivity index (χ2v) is 6.59. The quantitative estimate of drug-likeness (QED) is 0.928. The molecule has 2 aromatic rings. The minimum Gasteiger partial charge on any atom is -0.334 e. The number of thioether (sulfide) groups is 2. The summed E-state index contributed by atoms with van der Waals surface area (Å²) in [4.78, 5) is 8.66. The number of rotatable bonds is 3. The maximum atomic E-state index is 5.58. The van der Waals surface area contributed by atoms with Gasteiger partial charge in [0, 0.05) is 35.6 Å². The summed E-state index contributed by atoms with van der Waals surface area (Å²) in [5.41, 5.74) is 7.28. The lowest BCUT2D eigenvalue weighted by molar-refractivity contribution is 0.423. The molecule has 3 heterocycles. The van der Waals surface area contributed by atoms with Gasteiger partial charge in [0.05, 0.1) is 10.9 Å².